The molecule has 1 aromatic carbocycles. The Morgan fingerprint density at radius 1 is 1.32 bits per heavy atom. The fourth-order valence-electron chi connectivity index (χ4n) is 2.39. The zero-order valence-corrected chi connectivity index (χ0v) is 12.9. The fourth-order valence-corrected chi connectivity index (χ4v) is 2.63. The van der Waals surface area contributed by atoms with Gasteiger partial charge in [-0.05, 0) is 61.9 Å². The Hall–Kier alpha value is -0.600. The van der Waals surface area contributed by atoms with Crippen molar-refractivity contribution in [1.82, 2.24) is 5.32 Å². The Bertz CT molecular complexity index is 379. The van der Waals surface area contributed by atoms with Crippen molar-refractivity contribution in [3.63, 3.8) is 0 Å². The van der Waals surface area contributed by atoms with Gasteiger partial charge in [0.05, 0.1) is 0 Å². The van der Waals surface area contributed by atoms with Crippen molar-refractivity contribution in [2.45, 2.75) is 40.0 Å². The second-order valence-corrected chi connectivity index (χ2v) is 6.05. The van der Waals surface area contributed by atoms with Crippen LogP contribution in [0.5, 0.6) is 0 Å². The molecule has 0 fully saturated rings. The highest BCUT2D eigenvalue weighted by Gasteiger charge is 2.13. The first-order chi connectivity index (χ1) is 9.02. The van der Waals surface area contributed by atoms with Crippen LogP contribution in [0.15, 0.2) is 18.2 Å². The van der Waals surface area contributed by atoms with Crippen LogP contribution in [0.4, 0.5) is 4.39 Å². The van der Waals surface area contributed by atoms with Gasteiger partial charge in [0, 0.05) is 5.02 Å². The lowest BCUT2D eigenvalue weighted by atomic mass is 9.91. The van der Waals surface area contributed by atoms with Crippen LogP contribution in [0.1, 0.15) is 39.2 Å². The second-order valence-electron chi connectivity index (χ2n) is 5.64. The largest absolute Gasteiger partial charge is 0.316 e. The van der Waals surface area contributed by atoms with E-state index in [0.717, 1.165) is 37.9 Å². The molecule has 0 aliphatic heterocycles. The van der Waals surface area contributed by atoms with Gasteiger partial charge in [-0.3, -0.25) is 0 Å². The molecule has 1 atom stereocenters. The van der Waals surface area contributed by atoms with Gasteiger partial charge in [-0.1, -0.05) is 38.4 Å². The summed E-state index contributed by atoms with van der Waals surface area (Å²) in [7, 11) is 0. The second kappa shape index (κ2) is 8.55. The van der Waals surface area contributed by atoms with Crippen molar-refractivity contribution >= 4 is 11.6 Å². The van der Waals surface area contributed by atoms with Gasteiger partial charge in [-0.2, -0.15) is 0 Å². The predicted molar refractivity (Wildman–Crippen MR) is 81.2 cm³/mol. The van der Waals surface area contributed by atoms with Gasteiger partial charge in [0.1, 0.15) is 5.82 Å². The lowest BCUT2D eigenvalue weighted by Crippen LogP contribution is -2.26. The highest BCUT2D eigenvalue weighted by Crippen LogP contribution is 2.23. The summed E-state index contributed by atoms with van der Waals surface area (Å²) < 4.78 is 13.0. The van der Waals surface area contributed by atoms with Gasteiger partial charge in [-0.15, -0.1) is 0 Å². The molecule has 0 heterocycles. The third-order valence-electron chi connectivity index (χ3n) is 3.19. The number of benzene rings is 1. The topological polar surface area (TPSA) is 12.0 Å². The van der Waals surface area contributed by atoms with Crippen LogP contribution in [0.3, 0.4) is 0 Å². The maximum Gasteiger partial charge on any atom is 0.124 e. The summed E-state index contributed by atoms with van der Waals surface area (Å²) in [6.45, 7) is 8.69. The molecule has 0 saturated heterocycles. The first kappa shape index (κ1) is 16.5. The van der Waals surface area contributed by atoms with Gasteiger partial charge in [0.15, 0.2) is 0 Å². The van der Waals surface area contributed by atoms with E-state index in [2.05, 4.69) is 26.1 Å². The summed E-state index contributed by atoms with van der Waals surface area (Å²) in [5.74, 6) is 0.945. The SMILES string of the molecule is CCCNCC(Cc1ccc(F)cc1Cl)CC(C)C. The molecule has 1 aromatic rings. The number of hydrogen-bond acceptors (Lipinski definition) is 1. The molecule has 0 amide bonds. The van der Waals surface area contributed by atoms with E-state index in [1.165, 1.54) is 12.1 Å². The van der Waals surface area contributed by atoms with E-state index in [-0.39, 0.29) is 5.82 Å². The number of nitrogens with one attached hydrogen (secondary N) is 1. The molecular formula is C16H25ClFN. The highest BCUT2D eigenvalue weighted by molar-refractivity contribution is 6.31. The minimum Gasteiger partial charge on any atom is -0.316 e. The Morgan fingerprint density at radius 3 is 2.63 bits per heavy atom. The van der Waals surface area contributed by atoms with Gasteiger partial charge >= 0.3 is 0 Å². The Morgan fingerprint density at radius 2 is 2.05 bits per heavy atom. The molecule has 0 radical (unpaired) electrons. The molecular weight excluding hydrogens is 261 g/mol. The molecule has 3 heteroatoms. The minimum atomic E-state index is -0.265. The smallest absolute Gasteiger partial charge is 0.124 e. The zero-order chi connectivity index (χ0) is 14.3. The van der Waals surface area contributed by atoms with Gasteiger partial charge in [0.25, 0.3) is 0 Å². The zero-order valence-electron chi connectivity index (χ0n) is 12.2. The number of rotatable bonds is 8. The van der Waals surface area contributed by atoms with Crippen molar-refractivity contribution in [2.24, 2.45) is 11.8 Å². The molecule has 0 aliphatic rings. The van der Waals surface area contributed by atoms with Crippen LogP contribution in [0.25, 0.3) is 0 Å². The molecule has 108 valence electrons. The first-order valence-corrected chi connectivity index (χ1v) is 7.55. The van der Waals surface area contributed by atoms with Crippen LogP contribution in [0, 0.1) is 17.7 Å². The Kier molecular flexibility index (Phi) is 7.40. The molecule has 19 heavy (non-hydrogen) atoms. The third kappa shape index (κ3) is 6.40. The first-order valence-electron chi connectivity index (χ1n) is 7.17. The average molecular weight is 286 g/mol. The summed E-state index contributed by atoms with van der Waals surface area (Å²) >= 11 is 6.11. The Balaban J connectivity index is 2.64. The molecule has 0 aromatic heterocycles. The summed E-state index contributed by atoms with van der Waals surface area (Å²) in [4.78, 5) is 0. The summed E-state index contributed by atoms with van der Waals surface area (Å²) in [6.07, 6.45) is 3.21. The minimum absolute atomic E-state index is 0.265. The van der Waals surface area contributed by atoms with E-state index in [1.807, 2.05) is 6.07 Å². The van der Waals surface area contributed by atoms with Crippen LogP contribution < -0.4 is 5.32 Å². The normalized spacial score (nSPS) is 12.9. The van der Waals surface area contributed by atoms with Gasteiger partial charge in [-0.25, -0.2) is 4.39 Å². The van der Waals surface area contributed by atoms with E-state index >= 15 is 0 Å². The fraction of sp³-hybridized carbons (Fsp3) is 0.625. The molecule has 1 unspecified atom stereocenters. The molecule has 0 spiro atoms. The average Bonchev–Trinajstić information content (AvgIpc) is 2.32. The summed E-state index contributed by atoms with van der Waals surface area (Å²) in [5.41, 5.74) is 1.05. The monoisotopic (exact) mass is 285 g/mol. The van der Waals surface area contributed by atoms with Crippen molar-refractivity contribution in [3.8, 4) is 0 Å². The van der Waals surface area contributed by atoms with Crippen LogP contribution in [-0.2, 0) is 6.42 Å². The molecule has 0 aliphatic carbocycles. The van der Waals surface area contributed by atoms with Gasteiger partial charge in [0.2, 0.25) is 0 Å². The highest BCUT2D eigenvalue weighted by atomic mass is 35.5. The van der Waals surface area contributed by atoms with Crippen LogP contribution in [0.2, 0.25) is 5.02 Å². The van der Waals surface area contributed by atoms with E-state index in [4.69, 9.17) is 11.6 Å². The van der Waals surface area contributed by atoms with E-state index in [1.54, 1.807) is 0 Å². The number of halogens is 2. The van der Waals surface area contributed by atoms with Crippen molar-refractivity contribution in [2.75, 3.05) is 13.1 Å². The number of hydrogen-bond donors (Lipinski definition) is 1. The van der Waals surface area contributed by atoms with Crippen LogP contribution in [-0.4, -0.2) is 13.1 Å². The molecule has 1 nitrogen and oxygen atoms in total. The van der Waals surface area contributed by atoms with Crippen molar-refractivity contribution in [3.05, 3.63) is 34.6 Å². The quantitative estimate of drug-likeness (QED) is 0.684. The van der Waals surface area contributed by atoms with Gasteiger partial charge < -0.3 is 5.32 Å². The van der Waals surface area contributed by atoms with Crippen molar-refractivity contribution < 1.29 is 4.39 Å². The molecule has 1 N–H and O–H groups in total. The Labute approximate surface area is 121 Å². The van der Waals surface area contributed by atoms with E-state index in [0.29, 0.717) is 16.9 Å². The maximum absolute atomic E-state index is 13.0. The maximum atomic E-state index is 13.0. The van der Waals surface area contributed by atoms with E-state index < -0.39 is 0 Å². The lowest BCUT2D eigenvalue weighted by molar-refractivity contribution is 0.385. The van der Waals surface area contributed by atoms with Crippen molar-refractivity contribution in [1.29, 1.82) is 0 Å². The molecule has 0 saturated carbocycles. The molecule has 0 bridgehead atoms. The third-order valence-corrected chi connectivity index (χ3v) is 3.54. The standard InChI is InChI=1S/C16H25ClFN/c1-4-7-19-11-13(8-12(2)3)9-14-5-6-15(18)10-16(14)17/h5-6,10,12-13,19H,4,7-9,11H2,1-3H3. The predicted octanol–water partition coefficient (Wildman–Crippen LogP) is 4.68. The summed E-state index contributed by atoms with van der Waals surface area (Å²) in [6, 6.07) is 4.71. The molecule has 1 rings (SSSR count). The summed E-state index contributed by atoms with van der Waals surface area (Å²) in [5, 5.41) is 4.02. The van der Waals surface area contributed by atoms with E-state index in [9.17, 15) is 4.39 Å². The lowest BCUT2D eigenvalue weighted by Gasteiger charge is -2.20. The van der Waals surface area contributed by atoms with Crippen LogP contribution >= 0.6 is 11.6 Å².